The molecule has 40 heavy (non-hydrogen) atoms. The molecule has 0 bridgehead atoms. The van der Waals surface area contributed by atoms with Gasteiger partial charge in [0.05, 0.1) is 38.7 Å². The van der Waals surface area contributed by atoms with Crippen LogP contribution in [0.3, 0.4) is 0 Å². The Balaban J connectivity index is 0.00000216. The molecule has 11 nitrogen and oxygen atoms in total. The van der Waals surface area contributed by atoms with E-state index in [2.05, 4.69) is 51.3 Å². The molecule has 0 aliphatic carbocycles. The molecule has 220 valence electrons. The molecular weight excluding hydrogens is 510 g/mol. The highest BCUT2D eigenvalue weighted by Gasteiger charge is 2.22. The van der Waals surface area contributed by atoms with Crippen LogP contribution in [-0.2, 0) is 14.3 Å². The maximum atomic E-state index is 13.3. The molecule has 0 unspecified atom stereocenters. The Morgan fingerprint density at radius 3 is 2.15 bits per heavy atom. The second-order valence-corrected chi connectivity index (χ2v) is 10.5. The van der Waals surface area contributed by atoms with Crippen molar-refractivity contribution < 1.29 is 19.1 Å². The molecule has 2 fully saturated rings. The van der Waals surface area contributed by atoms with E-state index in [1.165, 1.54) is 0 Å². The summed E-state index contributed by atoms with van der Waals surface area (Å²) in [7, 11) is 0. The van der Waals surface area contributed by atoms with Gasteiger partial charge < -0.3 is 24.6 Å². The molecule has 0 atom stereocenters. The average molecular weight is 556 g/mol. The first-order valence-electron chi connectivity index (χ1n) is 14.2. The number of hydrogen-bond acceptors (Lipinski definition) is 9. The molecule has 0 saturated carbocycles. The summed E-state index contributed by atoms with van der Waals surface area (Å²) < 4.78 is 11.0. The van der Waals surface area contributed by atoms with Crippen molar-refractivity contribution in [2.75, 3.05) is 74.3 Å². The van der Waals surface area contributed by atoms with Crippen LogP contribution in [0.4, 0.5) is 23.1 Å². The SMILES string of the molecule is CC.CCC(=Nc1ccc(NC(=O)c2cc(N3CCOCC3)nc(N3CCOCC3)n2)cc1)NOCC(C)(C)C. The third-order valence-electron chi connectivity index (χ3n) is 5.98. The molecule has 2 saturated heterocycles. The number of nitrogens with one attached hydrogen (secondary N) is 2. The van der Waals surface area contributed by atoms with Gasteiger partial charge >= 0.3 is 0 Å². The molecule has 1 aromatic heterocycles. The minimum Gasteiger partial charge on any atom is -0.378 e. The molecule has 2 aliphatic rings. The van der Waals surface area contributed by atoms with E-state index < -0.39 is 0 Å². The lowest BCUT2D eigenvalue weighted by Gasteiger charge is -2.31. The van der Waals surface area contributed by atoms with Crippen LogP contribution in [0.2, 0.25) is 0 Å². The van der Waals surface area contributed by atoms with Gasteiger partial charge in [-0.1, -0.05) is 41.5 Å². The zero-order valence-corrected chi connectivity index (χ0v) is 24.8. The largest absolute Gasteiger partial charge is 0.378 e. The molecule has 4 rings (SSSR count). The monoisotopic (exact) mass is 555 g/mol. The molecule has 0 spiro atoms. The predicted octanol–water partition coefficient (Wildman–Crippen LogP) is 4.44. The number of nitrogens with zero attached hydrogens (tertiary/aromatic N) is 5. The summed E-state index contributed by atoms with van der Waals surface area (Å²) in [6.07, 6.45) is 0.702. The first-order chi connectivity index (χ1) is 19.3. The molecule has 2 aliphatic heterocycles. The Morgan fingerprint density at radius 2 is 1.57 bits per heavy atom. The van der Waals surface area contributed by atoms with Crippen LogP contribution in [0.25, 0.3) is 0 Å². The molecule has 1 amide bonds. The highest BCUT2D eigenvalue weighted by atomic mass is 16.6. The maximum absolute atomic E-state index is 13.3. The lowest BCUT2D eigenvalue weighted by Crippen LogP contribution is -2.40. The van der Waals surface area contributed by atoms with Crippen molar-refractivity contribution in [2.45, 2.75) is 48.0 Å². The van der Waals surface area contributed by atoms with Gasteiger partial charge in [-0.3, -0.25) is 15.1 Å². The van der Waals surface area contributed by atoms with Gasteiger partial charge in [0, 0.05) is 44.4 Å². The molecule has 11 heteroatoms. The van der Waals surface area contributed by atoms with E-state index >= 15 is 0 Å². The second-order valence-electron chi connectivity index (χ2n) is 10.5. The van der Waals surface area contributed by atoms with Crippen molar-refractivity contribution in [1.82, 2.24) is 15.4 Å². The number of carbonyl (C=O) groups is 1. The summed E-state index contributed by atoms with van der Waals surface area (Å²) in [5, 5.41) is 2.96. The third kappa shape index (κ3) is 9.72. The van der Waals surface area contributed by atoms with Crippen LogP contribution in [0.1, 0.15) is 58.5 Å². The van der Waals surface area contributed by atoms with Gasteiger partial charge in [0.15, 0.2) is 0 Å². The fourth-order valence-corrected chi connectivity index (χ4v) is 3.88. The Morgan fingerprint density at radius 1 is 0.975 bits per heavy atom. The number of aliphatic imine (C=N–C) groups is 1. The second kappa shape index (κ2) is 15.5. The summed E-state index contributed by atoms with van der Waals surface area (Å²) in [4.78, 5) is 37.0. The van der Waals surface area contributed by atoms with Gasteiger partial charge in [0.25, 0.3) is 5.91 Å². The summed E-state index contributed by atoms with van der Waals surface area (Å²) in [6, 6.07) is 9.12. The fourth-order valence-electron chi connectivity index (χ4n) is 3.88. The number of benzene rings is 1. The lowest BCUT2D eigenvalue weighted by atomic mass is 9.99. The van der Waals surface area contributed by atoms with Gasteiger partial charge in [-0.05, 0) is 29.7 Å². The van der Waals surface area contributed by atoms with E-state index in [9.17, 15) is 4.79 Å². The van der Waals surface area contributed by atoms with Crippen LogP contribution in [0, 0.1) is 5.41 Å². The Labute approximate surface area is 238 Å². The highest BCUT2D eigenvalue weighted by molar-refractivity contribution is 6.03. The number of amides is 1. The van der Waals surface area contributed by atoms with Crippen LogP contribution in [0.5, 0.6) is 0 Å². The van der Waals surface area contributed by atoms with Crippen molar-refractivity contribution in [3.63, 3.8) is 0 Å². The predicted molar refractivity (Wildman–Crippen MR) is 160 cm³/mol. The van der Waals surface area contributed by atoms with Gasteiger partial charge in [0.2, 0.25) is 5.95 Å². The number of hydrogen-bond donors (Lipinski definition) is 2. The van der Waals surface area contributed by atoms with Crippen LogP contribution < -0.4 is 20.6 Å². The summed E-state index contributed by atoms with van der Waals surface area (Å²) in [5.74, 6) is 1.71. The number of rotatable bonds is 8. The van der Waals surface area contributed by atoms with Crippen molar-refractivity contribution in [3.8, 4) is 0 Å². The number of ether oxygens (including phenoxy) is 2. The third-order valence-corrected chi connectivity index (χ3v) is 5.98. The number of morpholine rings is 2. The zero-order chi connectivity index (χ0) is 29.0. The quantitative estimate of drug-likeness (QED) is 0.277. The molecule has 2 aromatic rings. The first kappa shape index (κ1) is 31.3. The number of amidine groups is 1. The summed E-state index contributed by atoms with van der Waals surface area (Å²) >= 11 is 0. The van der Waals surface area contributed by atoms with Gasteiger partial charge in [0.1, 0.15) is 17.3 Å². The molecule has 3 heterocycles. The Kier molecular flexibility index (Phi) is 12.1. The summed E-state index contributed by atoms with van der Waals surface area (Å²) in [6.45, 7) is 18.2. The van der Waals surface area contributed by atoms with Crippen molar-refractivity contribution in [1.29, 1.82) is 0 Å². The summed E-state index contributed by atoms with van der Waals surface area (Å²) in [5.41, 5.74) is 4.74. The van der Waals surface area contributed by atoms with Crippen molar-refractivity contribution in [2.24, 2.45) is 10.4 Å². The van der Waals surface area contributed by atoms with E-state index in [1.807, 2.05) is 45.0 Å². The standard InChI is InChI=1S/C27H39N7O4.C2H6/c1-5-23(32-38-19-27(2,3)4)28-20-6-8-21(9-7-20)29-25(35)22-18-24(33-10-14-36-15-11-33)31-26(30-22)34-12-16-37-17-13-34;1-2/h6-9,18H,5,10-17,19H2,1-4H3,(H,28,32)(H,29,35);1-2H3. The van der Waals surface area contributed by atoms with E-state index in [0.717, 1.165) is 30.4 Å². The fraction of sp³-hybridized carbons (Fsp3) is 0.586. The van der Waals surface area contributed by atoms with E-state index in [-0.39, 0.29) is 11.3 Å². The topological polar surface area (TPSA) is 113 Å². The minimum atomic E-state index is -0.292. The molecule has 1 aromatic carbocycles. The number of aromatic nitrogens is 2. The lowest BCUT2D eigenvalue weighted by molar-refractivity contribution is 0.0306. The minimum absolute atomic E-state index is 0.0568. The van der Waals surface area contributed by atoms with Crippen LogP contribution in [0.15, 0.2) is 35.3 Å². The van der Waals surface area contributed by atoms with E-state index in [4.69, 9.17) is 19.3 Å². The number of carbonyl (C=O) groups excluding carboxylic acids is 1. The van der Waals surface area contributed by atoms with Gasteiger partial charge in [-0.15, -0.1) is 0 Å². The normalized spacial score (nSPS) is 16.2. The zero-order valence-electron chi connectivity index (χ0n) is 24.8. The Bertz CT molecular complexity index is 1050. The number of anilines is 3. The van der Waals surface area contributed by atoms with Crippen molar-refractivity contribution >= 4 is 34.9 Å². The van der Waals surface area contributed by atoms with Gasteiger partial charge in [-0.2, -0.15) is 4.98 Å². The van der Waals surface area contributed by atoms with Crippen LogP contribution in [-0.4, -0.2) is 80.9 Å². The smallest absolute Gasteiger partial charge is 0.274 e. The number of hydroxylamine groups is 1. The first-order valence-corrected chi connectivity index (χ1v) is 14.2. The molecule has 2 N–H and O–H groups in total. The van der Waals surface area contributed by atoms with E-state index in [1.54, 1.807) is 6.07 Å². The van der Waals surface area contributed by atoms with E-state index in [0.29, 0.717) is 69.9 Å². The average Bonchev–Trinajstić information content (AvgIpc) is 2.98. The van der Waals surface area contributed by atoms with Crippen LogP contribution >= 0.6 is 0 Å². The molecular formula is C29H45N7O4. The highest BCUT2D eigenvalue weighted by Crippen LogP contribution is 2.22. The van der Waals surface area contributed by atoms with Gasteiger partial charge in [-0.25, -0.2) is 9.98 Å². The molecule has 0 radical (unpaired) electrons. The Hall–Kier alpha value is -3.28. The maximum Gasteiger partial charge on any atom is 0.274 e. The van der Waals surface area contributed by atoms with Crippen molar-refractivity contribution in [3.05, 3.63) is 36.0 Å².